The number of para-hydroxylation sites is 1. The lowest BCUT2D eigenvalue weighted by atomic mass is 9.82. The van der Waals surface area contributed by atoms with Crippen molar-refractivity contribution in [1.82, 2.24) is 30.2 Å². The fourth-order valence-corrected chi connectivity index (χ4v) is 5.83. The predicted molar refractivity (Wildman–Crippen MR) is 143 cm³/mol. The van der Waals surface area contributed by atoms with E-state index in [9.17, 15) is 14.7 Å². The van der Waals surface area contributed by atoms with Gasteiger partial charge in [-0.15, -0.1) is 0 Å². The molecule has 1 amide bonds. The van der Waals surface area contributed by atoms with Crippen LogP contribution >= 0.6 is 11.8 Å². The van der Waals surface area contributed by atoms with Crippen LogP contribution in [0.2, 0.25) is 0 Å². The van der Waals surface area contributed by atoms with E-state index in [2.05, 4.69) is 30.2 Å². The van der Waals surface area contributed by atoms with Crippen LogP contribution in [0.15, 0.2) is 63.5 Å². The van der Waals surface area contributed by atoms with E-state index < -0.39 is 17.7 Å². The highest BCUT2D eigenvalue weighted by Gasteiger charge is 2.51. The van der Waals surface area contributed by atoms with E-state index in [1.165, 1.54) is 19.4 Å². The number of carbonyl (C=O) groups is 2. The molecular formula is C26H24N8O5S. The number of carboxylic acid groups (broad SMARTS) is 1. The Morgan fingerprint density at radius 1 is 1.12 bits per heavy atom. The summed E-state index contributed by atoms with van der Waals surface area (Å²) in [7, 11) is 0. The third kappa shape index (κ3) is 4.66. The van der Waals surface area contributed by atoms with Crippen LogP contribution in [-0.4, -0.2) is 60.6 Å². The van der Waals surface area contributed by atoms with Crippen LogP contribution in [0.1, 0.15) is 41.9 Å². The standard InChI is InChI=1S/C26H24N8O5S/c1-14(35)18-22(33-20(27)24(31-18)40-17-6-9-28-21(30-17)23-29-10-13-38-23)34-11-7-26(8-12-34)19(32-25(36)37)15-4-2-3-5-16(15)39-26/h2-6,9-10,13,19,32H,7-8,11-12H2,1H3,(H2,27,33)(H,36,37)/t19-/m1/s1. The number of carbonyl (C=O) groups excluding carboxylic acids is 1. The van der Waals surface area contributed by atoms with Crippen molar-refractivity contribution in [1.29, 1.82) is 0 Å². The second-order valence-corrected chi connectivity index (χ2v) is 10.4. The number of ketones is 1. The van der Waals surface area contributed by atoms with E-state index in [1.807, 2.05) is 29.2 Å². The number of nitrogens with two attached hydrogens (primary N) is 1. The molecule has 40 heavy (non-hydrogen) atoms. The summed E-state index contributed by atoms with van der Waals surface area (Å²) in [6.07, 6.45) is 4.37. The van der Waals surface area contributed by atoms with Crippen LogP contribution in [-0.2, 0) is 0 Å². The third-order valence-corrected chi connectivity index (χ3v) is 7.84. The number of piperidine rings is 1. The molecule has 0 radical (unpaired) electrons. The van der Waals surface area contributed by atoms with Gasteiger partial charge in [-0.1, -0.05) is 18.2 Å². The summed E-state index contributed by atoms with van der Waals surface area (Å²) in [6, 6.07) is 8.61. The molecule has 2 aliphatic rings. The molecule has 0 unspecified atom stereocenters. The van der Waals surface area contributed by atoms with Crippen LogP contribution in [0.3, 0.4) is 0 Å². The average Bonchev–Trinajstić information content (AvgIpc) is 3.58. The lowest BCUT2D eigenvalue weighted by molar-refractivity contribution is 0.0315. The average molecular weight is 561 g/mol. The molecule has 6 rings (SSSR count). The highest BCUT2D eigenvalue weighted by Crippen LogP contribution is 2.48. The molecule has 1 saturated heterocycles. The minimum Gasteiger partial charge on any atom is -0.484 e. The van der Waals surface area contributed by atoms with Gasteiger partial charge in [0, 0.05) is 44.6 Å². The molecule has 4 N–H and O–H groups in total. The molecule has 0 saturated carbocycles. The quantitative estimate of drug-likeness (QED) is 0.230. The van der Waals surface area contributed by atoms with Crippen molar-refractivity contribution in [3.8, 4) is 17.5 Å². The fraction of sp³-hybridized carbons (Fsp3) is 0.269. The van der Waals surface area contributed by atoms with Crippen molar-refractivity contribution in [3.63, 3.8) is 0 Å². The van der Waals surface area contributed by atoms with Crippen LogP contribution in [0.25, 0.3) is 11.7 Å². The number of nitrogens with one attached hydrogen (secondary N) is 1. The number of aromatic nitrogens is 5. The van der Waals surface area contributed by atoms with Crippen LogP contribution in [0, 0.1) is 0 Å². The zero-order valence-corrected chi connectivity index (χ0v) is 22.1. The highest BCUT2D eigenvalue weighted by atomic mass is 32.2. The Morgan fingerprint density at radius 3 is 2.65 bits per heavy atom. The SMILES string of the molecule is CC(=O)c1nc(Sc2ccnc(-c3ncco3)n2)c(N)nc1N1CCC2(CC1)Oc1ccccc1[C@H]2NC(=O)O. The van der Waals surface area contributed by atoms with Gasteiger partial charge in [0.2, 0.25) is 5.82 Å². The molecule has 1 atom stereocenters. The maximum absolute atomic E-state index is 12.7. The molecule has 1 spiro atoms. The molecule has 3 aromatic heterocycles. The smallest absolute Gasteiger partial charge is 0.405 e. The minimum absolute atomic E-state index is 0.150. The number of hydrogen-bond donors (Lipinski definition) is 3. The number of rotatable bonds is 6. The molecule has 1 aromatic carbocycles. The van der Waals surface area contributed by atoms with Crippen molar-refractivity contribution >= 4 is 35.3 Å². The first kappa shape index (κ1) is 25.6. The summed E-state index contributed by atoms with van der Waals surface area (Å²) in [4.78, 5) is 48.1. The van der Waals surface area contributed by atoms with E-state index in [-0.39, 0.29) is 23.2 Å². The van der Waals surface area contributed by atoms with Crippen LogP contribution in [0.4, 0.5) is 16.4 Å². The van der Waals surface area contributed by atoms with Crippen LogP contribution in [0.5, 0.6) is 5.75 Å². The molecule has 14 heteroatoms. The largest absolute Gasteiger partial charge is 0.484 e. The van der Waals surface area contributed by atoms with Crippen molar-refractivity contribution < 1.29 is 23.8 Å². The first-order chi connectivity index (χ1) is 19.3. The summed E-state index contributed by atoms with van der Waals surface area (Å²) in [5, 5.41) is 13.0. The van der Waals surface area contributed by atoms with E-state index in [1.54, 1.807) is 12.3 Å². The third-order valence-electron chi connectivity index (χ3n) is 6.91. The topological polar surface area (TPSA) is 182 Å². The van der Waals surface area contributed by atoms with Gasteiger partial charge in [-0.3, -0.25) is 4.79 Å². The Hall–Kier alpha value is -4.72. The molecule has 2 aliphatic heterocycles. The van der Waals surface area contributed by atoms with Gasteiger partial charge in [-0.2, -0.15) is 0 Å². The second-order valence-electron chi connectivity index (χ2n) is 9.37. The zero-order chi connectivity index (χ0) is 27.9. The number of ether oxygens (including phenoxy) is 1. The zero-order valence-electron chi connectivity index (χ0n) is 21.3. The lowest BCUT2D eigenvalue weighted by Gasteiger charge is -2.42. The Kier molecular flexibility index (Phi) is 6.46. The number of amides is 1. The monoisotopic (exact) mass is 560 g/mol. The number of hydrogen-bond acceptors (Lipinski definition) is 12. The normalized spacial score (nSPS) is 17.3. The number of nitrogen functional groups attached to an aromatic ring is 1. The second kappa shape index (κ2) is 10.1. The van der Waals surface area contributed by atoms with Gasteiger partial charge in [0.15, 0.2) is 17.4 Å². The maximum Gasteiger partial charge on any atom is 0.405 e. The summed E-state index contributed by atoms with van der Waals surface area (Å²) in [5.41, 5.74) is 6.56. The number of fused-ring (bicyclic) bond motifs is 1. The summed E-state index contributed by atoms with van der Waals surface area (Å²) in [5.74, 6) is 1.52. The molecule has 13 nitrogen and oxygen atoms in total. The first-order valence-corrected chi connectivity index (χ1v) is 13.3. The summed E-state index contributed by atoms with van der Waals surface area (Å²) < 4.78 is 11.6. The summed E-state index contributed by atoms with van der Waals surface area (Å²) >= 11 is 1.15. The van der Waals surface area contributed by atoms with Crippen LogP contribution < -0.4 is 20.7 Å². The van der Waals surface area contributed by atoms with Gasteiger partial charge >= 0.3 is 6.09 Å². The molecule has 4 aromatic rings. The van der Waals surface area contributed by atoms with Gasteiger partial charge in [0.25, 0.3) is 5.89 Å². The summed E-state index contributed by atoms with van der Waals surface area (Å²) in [6.45, 7) is 2.34. The Bertz CT molecular complexity index is 1590. The number of oxazole rings is 1. The number of anilines is 2. The van der Waals surface area contributed by atoms with Gasteiger partial charge in [-0.05, 0) is 23.9 Å². The highest BCUT2D eigenvalue weighted by molar-refractivity contribution is 7.99. The van der Waals surface area contributed by atoms with Gasteiger partial charge in [-0.25, -0.2) is 29.7 Å². The Morgan fingerprint density at radius 2 is 1.93 bits per heavy atom. The number of nitrogens with zero attached hydrogens (tertiary/aromatic N) is 6. The molecule has 0 aliphatic carbocycles. The molecule has 0 bridgehead atoms. The predicted octanol–water partition coefficient (Wildman–Crippen LogP) is 3.60. The molecule has 1 fully saturated rings. The van der Waals surface area contributed by atoms with Crippen molar-refractivity contribution in [2.24, 2.45) is 0 Å². The van der Waals surface area contributed by atoms with Gasteiger partial charge in [0.1, 0.15) is 39.4 Å². The maximum atomic E-state index is 12.7. The van der Waals surface area contributed by atoms with Gasteiger partial charge < -0.3 is 30.2 Å². The molecular weight excluding hydrogens is 536 g/mol. The van der Waals surface area contributed by atoms with Gasteiger partial charge in [0.05, 0.1) is 6.20 Å². The Balaban J connectivity index is 1.24. The molecule has 5 heterocycles. The van der Waals surface area contributed by atoms with E-state index in [4.69, 9.17) is 14.9 Å². The minimum atomic E-state index is -1.12. The van der Waals surface area contributed by atoms with E-state index >= 15 is 0 Å². The molecule has 204 valence electrons. The van der Waals surface area contributed by atoms with Crippen molar-refractivity contribution in [2.75, 3.05) is 23.7 Å². The van der Waals surface area contributed by atoms with Crippen molar-refractivity contribution in [3.05, 3.63) is 60.2 Å². The fourth-order valence-electron chi connectivity index (χ4n) is 5.08. The number of Topliss-reactive ketones (excluding diaryl/α,β-unsaturated/α-hetero) is 1. The van der Waals surface area contributed by atoms with E-state index in [0.717, 1.165) is 17.3 Å². The Labute approximate surface area is 232 Å². The van der Waals surface area contributed by atoms with Crippen molar-refractivity contribution in [2.45, 2.75) is 41.5 Å². The number of benzene rings is 1. The van der Waals surface area contributed by atoms with E-state index in [0.29, 0.717) is 53.4 Å². The first-order valence-electron chi connectivity index (χ1n) is 12.4. The lowest BCUT2D eigenvalue weighted by Crippen LogP contribution is -2.53.